The molecule has 5 heteroatoms. The first-order chi connectivity index (χ1) is 10.2. The van der Waals surface area contributed by atoms with Crippen molar-refractivity contribution < 1.29 is 4.74 Å². The van der Waals surface area contributed by atoms with E-state index in [0.29, 0.717) is 6.04 Å². The molecule has 0 spiro atoms. The monoisotopic (exact) mass is 294 g/mol. The zero-order chi connectivity index (χ0) is 15.2. The van der Waals surface area contributed by atoms with Gasteiger partial charge in [0.25, 0.3) is 0 Å². The average Bonchev–Trinajstić information content (AvgIpc) is 2.96. The minimum atomic E-state index is 0.167. The molecule has 21 heavy (non-hydrogen) atoms. The average molecular weight is 294 g/mol. The Balaban J connectivity index is 2.15. The van der Waals surface area contributed by atoms with E-state index in [0.717, 1.165) is 45.0 Å². The first kappa shape index (κ1) is 16.5. The molecule has 0 aromatic carbocycles. The summed E-state index contributed by atoms with van der Waals surface area (Å²) in [6.45, 7) is 13.6. The normalized spacial score (nSPS) is 21.9. The summed E-state index contributed by atoms with van der Waals surface area (Å²) in [5.41, 5.74) is 0. The number of aryl methyl sites for hydroxylation is 1. The largest absolute Gasteiger partial charge is 0.373 e. The molecule has 1 N–H and O–H groups in total. The molecular formula is C16H30N4O. The van der Waals surface area contributed by atoms with Gasteiger partial charge in [0.2, 0.25) is 0 Å². The molecule has 1 aliphatic rings. The third-order valence-corrected chi connectivity index (χ3v) is 4.21. The van der Waals surface area contributed by atoms with Crippen LogP contribution in [0.5, 0.6) is 0 Å². The summed E-state index contributed by atoms with van der Waals surface area (Å²) in [6, 6.07) is 0.732. The van der Waals surface area contributed by atoms with Gasteiger partial charge in [-0.2, -0.15) is 0 Å². The van der Waals surface area contributed by atoms with E-state index in [4.69, 9.17) is 4.74 Å². The van der Waals surface area contributed by atoms with Crippen molar-refractivity contribution in [3.05, 3.63) is 18.2 Å². The maximum absolute atomic E-state index is 6.08. The maximum atomic E-state index is 6.08. The van der Waals surface area contributed by atoms with Crippen LogP contribution in [-0.2, 0) is 11.3 Å². The molecule has 120 valence electrons. The van der Waals surface area contributed by atoms with E-state index >= 15 is 0 Å². The highest BCUT2D eigenvalue weighted by molar-refractivity contribution is 5.04. The van der Waals surface area contributed by atoms with Crippen LogP contribution in [0.2, 0.25) is 0 Å². The van der Waals surface area contributed by atoms with Gasteiger partial charge in [-0.3, -0.25) is 4.90 Å². The van der Waals surface area contributed by atoms with Crippen LogP contribution in [0.3, 0.4) is 0 Å². The fourth-order valence-corrected chi connectivity index (χ4v) is 2.92. The topological polar surface area (TPSA) is 42.3 Å². The molecule has 2 atom stereocenters. The fourth-order valence-electron chi connectivity index (χ4n) is 2.92. The fraction of sp³-hybridized carbons (Fsp3) is 0.812. The summed E-state index contributed by atoms with van der Waals surface area (Å²) < 4.78 is 8.30. The van der Waals surface area contributed by atoms with Crippen LogP contribution < -0.4 is 5.32 Å². The molecule has 2 heterocycles. The lowest BCUT2D eigenvalue weighted by Crippen LogP contribution is -2.51. The molecule has 1 aromatic rings. The number of nitrogens with zero attached hydrogens (tertiary/aromatic N) is 3. The van der Waals surface area contributed by atoms with Crippen LogP contribution in [0.15, 0.2) is 12.4 Å². The van der Waals surface area contributed by atoms with Crippen molar-refractivity contribution in [2.75, 3.05) is 26.2 Å². The lowest BCUT2D eigenvalue weighted by Gasteiger charge is -2.39. The van der Waals surface area contributed by atoms with Gasteiger partial charge in [0.05, 0.1) is 18.8 Å². The SMILES string of the molecule is CCCNC(c1nccn1CC)C1CN(C(C)C)CCO1. The lowest BCUT2D eigenvalue weighted by molar-refractivity contribution is -0.0578. The highest BCUT2D eigenvalue weighted by Gasteiger charge is 2.32. The second-order valence-electron chi connectivity index (χ2n) is 6.00. The van der Waals surface area contributed by atoms with Gasteiger partial charge >= 0.3 is 0 Å². The van der Waals surface area contributed by atoms with Gasteiger partial charge in [0.1, 0.15) is 5.82 Å². The van der Waals surface area contributed by atoms with Crippen LogP contribution in [-0.4, -0.2) is 52.8 Å². The molecule has 1 saturated heterocycles. The number of hydrogen-bond donors (Lipinski definition) is 1. The van der Waals surface area contributed by atoms with Crippen molar-refractivity contribution in [3.63, 3.8) is 0 Å². The number of rotatable bonds is 7. The van der Waals surface area contributed by atoms with Gasteiger partial charge in [-0.05, 0) is 33.7 Å². The van der Waals surface area contributed by atoms with E-state index in [-0.39, 0.29) is 12.1 Å². The van der Waals surface area contributed by atoms with Gasteiger partial charge in [-0.25, -0.2) is 4.98 Å². The standard InChI is InChI=1S/C16H30N4O/c1-5-7-17-15(16-18-8-9-19(16)6-2)14-12-20(13(3)4)10-11-21-14/h8-9,13-15,17H,5-7,10-12H2,1-4H3. The summed E-state index contributed by atoms with van der Waals surface area (Å²) >= 11 is 0. The van der Waals surface area contributed by atoms with Crippen LogP contribution in [0.25, 0.3) is 0 Å². The first-order valence-electron chi connectivity index (χ1n) is 8.27. The number of morpholine rings is 1. The van der Waals surface area contributed by atoms with Crippen molar-refractivity contribution in [1.82, 2.24) is 19.8 Å². The quantitative estimate of drug-likeness (QED) is 0.836. The zero-order valence-corrected chi connectivity index (χ0v) is 13.9. The highest BCUT2D eigenvalue weighted by atomic mass is 16.5. The molecule has 1 fully saturated rings. The Hall–Kier alpha value is -0.910. The van der Waals surface area contributed by atoms with Gasteiger partial charge in [-0.15, -0.1) is 0 Å². The van der Waals surface area contributed by atoms with Crippen LogP contribution in [0, 0.1) is 0 Å². The molecule has 2 unspecified atom stereocenters. The molecular weight excluding hydrogens is 264 g/mol. The molecule has 0 radical (unpaired) electrons. The van der Waals surface area contributed by atoms with E-state index in [2.05, 4.69) is 53.7 Å². The molecule has 0 bridgehead atoms. The molecule has 2 rings (SSSR count). The number of hydrogen-bond acceptors (Lipinski definition) is 4. The number of nitrogens with one attached hydrogen (secondary N) is 1. The van der Waals surface area contributed by atoms with Gasteiger partial charge in [0, 0.05) is 38.1 Å². The van der Waals surface area contributed by atoms with Crippen molar-refractivity contribution in [2.24, 2.45) is 0 Å². The second-order valence-corrected chi connectivity index (χ2v) is 6.00. The van der Waals surface area contributed by atoms with Gasteiger partial charge in [-0.1, -0.05) is 6.92 Å². The molecule has 0 amide bonds. The Kier molecular flexibility index (Phi) is 6.21. The van der Waals surface area contributed by atoms with E-state index < -0.39 is 0 Å². The summed E-state index contributed by atoms with van der Waals surface area (Å²) in [6.07, 6.45) is 5.23. The predicted molar refractivity (Wildman–Crippen MR) is 85.4 cm³/mol. The number of ether oxygens (including phenoxy) is 1. The van der Waals surface area contributed by atoms with Gasteiger partial charge in [0.15, 0.2) is 0 Å². The Morgan fingerprint density at radius 3 is 2.90 bits per heavy atom. The summed E-state index contributed by atoms with van der Waals surface area (Å²) in [7, 11) is 0. The number of imidazole rings is 1. The minimum absolute atomic E-state index is 0.167. The van der Waals surface area contributed by atoms with E-state index in [1.54, 1.807) is 0 Å². The third-order valence-electron chi connectivity index (χ3n) is 4.21. The minimum Gasteiger partial charge on any atom is -0.373 e. The Bertz CT molecular complexity index is 418. The molecule has 5 nitrogen and oxygen atoms in total. The molecule has 1 aliphatic heterocycles. The van der Waals surface area contributed by atoms with Crippen LogP contribution >= 0.6 is 0 Å². The van der Waals surface area contributed by atoms with E-state index in [9.17, 15) is 0 Å². The zero-order valence-electron chi connectivity index (χ0n) is 13.9. The molecule has 0 aliphatic carbocycles. The van der Waals surface area contributed by atoms with Crippen molar-refractivity contribution in [2.45, 2.75) is 58.8 Å². The number of aromatic nitrogens is 2. The van der Waals surface area contributed by atoms with E-state index in [1.807, 2.05) is 6.20 Å². The first-order valence-corrected chi connectivity index (χ1v) is 8.27. The van der Waals surface area contributed by atoms with Gasteiger partial charge < -0.3 is 14.6 Å². The summed E-state index contributed by atoms with van der Waals surface area (Å²) in [5.74, 6) is 1.10. The Labute approximate surface area is 128 Å². The third kappa shape index (κ3) is 4.05. The Morgan fingerprint density at radius 2 is 2.24 bits per heavy atom. The molecule has 0 saturated carbocycles. The van der Waals surface area contributed by atoms with Crippen molar-refractivity contribution >= 4 is 0 Å². The maximum Gasteiger partial charge on any atom is 0.128 e. The predicted octanol–water partition coefficient (Wildman–Crippen LogP) is 2.05. The highest BCUT2D eigenvalue weighted by Crippen LogP contribution is 2.22. The second kappa shape index (κ2) is 7.92. The Morgan fingerprint density at radius 1 is 1.43 bits per heavy atom. The van der Waals surface area contributed by atoms with Crippen molar-refractivity contribution in [1.29, 1.82) is 0 Å². The summed E-state index contributed by atoms with van der Waals surface area (Å²) in [5, 5.41) is 3.64. The van der Waals surface area contributed by atoms with E-state index in [1.165, 1.54) is 0 Å². The van der Waals surface area contributed by atoms with Crippen LogP contribution in [0.1, 0.15) is 46.0 Å². The summed E-state index contributed by atoms with van der Waals surface area (Å²) in [4.78, 5) is 7.08. The lowest BCUT2D eigenvalue weighted by atomic mass is 10.1. The smallest absolute Gasteiger partial charge is 0.128 e. The van der Waals surface area contributed by atoms with Crippen LogP contribution in [0.4, 0.5) is 0 Å². The molecule has 1 aromatic heterocycles. The van der Waals surface area contributed by atoms with Crippen molar-refractivity contribution in [3.8, 4) is 0 Å².